The zero-order valence-corrected chi connectivity index (χ0v) is 18.5. The minimum Gasteiger partial charge on any atom is -0.383 e. The predicted molar refractivity (Wildman–Crippen MR) is 120 cm³/mol. The molecule has 1 aliphatic rings. The molecule has 9 nitrogen and oxygen atoms in total. The van der Waals surface area contributed by atoms with Gasteiger partial charge in [0.05, 0.1) is 40.4 Å². The molecule has 4 aromatic rings. The molecule has 2 amide bonds. The summed E-state index contributed by atoms with van der Waals surface area (Å²) in [5.41, 5.74) is 9.42. The van der Waals surface area contributed by atoms with Gasteiger partial charge >= 0.3 is 6.18 Å². The Hall–Kier alpha value is -4.22. The van der Waals surface area contributed by atoms with Crippen LogP contribution in [-0.2, 0) is 24.6 Å². The van der Waals surface area contributed by atoms with Crippen LogP contribution in [0.4, 0.5) is 19.0 Å². The summed E-state index contributed by atoms with van der Waals surface area (Å²) in [4.78, 5) is 34.1. The first-order valence-corrected chi connectivity index (χ1v) is 10.8. The summed E-state index contributed by atoms with van der Waals surface area (Å²) < 4.78 is 40.3. The summed E-state index contributed by atoms with van der Waals surface area (Å²) in [5, 5.41) is 6.57. The Bertz CT molecular complexity index is 1460. The van der Waals surface area contributed by atoms with Crippen LogP contribution in [0.1, 0.15) is 34.5 Å². The smallest absolute Gasteiger partial charge is 0.383 e. The summed E-state index contributed by atoms with van der Waals surface area (Å²) in [6.45, 7) is -0.214. The Balaban J connectivity index is 1.50. The molecule has 1 aliphatic carbocycles. The van der Waals surface area contributed by atoms with Gasteiger partial charge in [0.25, 0.3) is 5.91 Å². The van der Waals surface area contributed by atoms with Gasteiger partial charge in [-0.2, -0.15) is 18.3 Å². The van der Waals surface area contributed by atoms with Gasteiger partial charge in [0.2, 0.25) is 5.91 Å². The van der Waals surface area contributed by atoms with Gasteiger partial charge in [-0.05, 0) is 43.2 Å². The number of aromatic nitrogens is 4. The van der Waals surface area contributed by atoms with Crippen LogP contribution in [0.2, 0.25) is 0 Å². The first-order chi connectivity index (χ1) is 16.6. The molecule has 5 rings (SSSR count). The molecule has 12 heteroatoms. The van der Waals surface area contributed by atoms with Gasteiger partial charge in [0.15, 0.2) is 0 Å². The Kier molecular flexibility index (Phi) is 5.30. The Morgan fingerprint density at radius 2 is 1.94 bits per heavy atom. The van der Waals surface area contributed by atoms with Crippen LogP contribution in [0.15, 0.2) is 42.7 Å². The third-order valence-corrected chi connectivity index (χ3v) is 5.86. The number of aryl methyl sites for hydroxylation is 1. The van der Waals surface area contributed by atoms with Crippen molar-refractivity contribution in [3.8, 4) is 0 Å². The van der Waals surface area contributed by atoms with Crippen molar-refractivity contribution in [2.45, 2.75) is 25.6 Å². The highest BCUT2D eigenvalue weighted by atomic mass is 19.4. The first kappa shape index (κ1) is 22.6. The second kappa shape index (κ2) is 8.22. The van der Waals surface area contributed by atoms with Gasteiger partial charge in [-0.1, -0.05) is 0 Å². The number of carbonyl (C=O) groups excluding carboxylic acids is 2. The van der Waals surface area contributed by atoms with Gasteiger partial charge in [-0.3, -0.25) is 24.7 Å². The number of nitrogen functional groups attached to an aromatic ring is 1. The minimum absolute atomic E-state index is 0.187. The minimum atomic E-state index is -4.53. The van der Waals surface area contributed by atoms with Gasteiger partial charge in [-0.25, -0.2) is 9.99 Å². The number of nitrogens with zero attached hydrogens (tertiary/aromatic N) is 5. The second-order valence-corrected chi connectivity index (χ2v) is 8.44. The van der Waals surface area contributed by atoms with Crippen molar-refractivity contribution in [2.24, 2.45) is 13.0 Å². The number of nitrogens with one attached hydrogen (secondary N) is 1. The number of amides is 2. The highest BCUT2D eigenvalue weighted by molar-refractivity contribution is 6.10. The van der Waals surface area contributed by atoms with E-state index in [4.69, 9.17) is 5.73 Å². The SMILES string of the molecule is Cn1ncc2c(N)nc3ccc(C(=O)N(Cc4ccc(C(F)(F)F)cn4)NC(=O)C4CC4)cc3c21. The number of hydrogen-bond acceptors (Lipinski definition) is 6. The predicted octanol–water partition coefficient (Wildman–Crippen LogP) is 3.20. The van der Waals surface area contributed by atoms with E-state index in [1.165, 1.54) is 6.07 Å². The van der Waals surface area contributed by atoms with Crippen LogP contribution in [0.25, 0.3) is 21.8 Å². The lowest BCUT2D eigenvalue weighted by Gasteiger charge is -2.23. The standard InChI is InChI=1S/C23H20F3N7O2/c1-32-19-16-8-13(4-7-18(16)30-20(27)17(19)10-29-32)22(35)33(31-21(34)12-2-3-12)11-15-6-5-14(9-28-15)23(24,25)26/h4-10,12H,2-3,11H2,1H3,(H2,27,30)(H,31,34). The summed E-state index contributed by atoms with van der Waals surface area (Å²) in [6, 6.07) is 6.89. The van der Waals surface area contributed by atoms with Crippen LogP contribution in [0.3, 0.4) is 0 Å². The van der Waals surface area contributed by atoms with Crippen LogP contribution in [0, 0.1) is 5.92 Å². The maximum atomic E-state index is 13.5. The number of halogens is 3. The maximum absolute atomic E-state index is 13.5. The second-order valence-electron chi connectivity index (χ2n) is 8.44. The Morgan fingerprint density at radius 1 is 1.17 bits per heavy atom. The van der Waals surface area contributed by atoms with Crippen LogP contribution in [-0.4, -0.2) is 36.6 Å². The lowest BCUT2D eigenvalue weighted by atomic mass is 10.1. The van der Waals surface area contributed by atoms with E-state index in [1.54, 1.807) is 36.1 Å². The summed E-state index contributed by atoms with van der Waals surface area (Å²) >= 11 is 0. The van der Waals surface area contributed by atoms with E-state index in [1.807, 2.05) is 0 Å². The molecule has 1 fully saturated rings. The highest BCUT2D eigenvalue weighted by Gasteiger charge is 2.33. The average molecular weight is 483 g/mol. The number of nitrogens with two attached hydrogens (primary N) is 1. The molecule has 0 spiro atoms. The number of fused-ring (bicyclic) bond motifs is 3. The lowest BCUT2D eigenvalue weighted by Crippen LogP contribution is -2.46. The van der Waals surface area contributed by atoms with E-state index < -0.39 is 17.6 Å². The molecular formula is C23H20F3N7O2. The third-order valence-electron chi connectivity index (χ3n) is 5.86. The van der Waals surface area contributed by atoms with E-state index in [0.717, 1.165) is 11.1 Å². The molecule has 0 saturated heterocycles. The van der Waals surface area contributed by atoms with Crippen LogP contribution >= 0.6 is 0 Å². The quantitative estimate of drug-likeness (QED) is 0.431. The fourth-order valence-electron chi connectivity index (χ4n) is 3.83. The van der Waals surface area contributed by atoms with Crippen molar-refractivity contribution in [3.05, 3.63) is 59.5 Å². The van der Waals surface area contributed by atoms with Crippen molar-refractivity contribution in [1.82, 2.24) is 30.2 Å². The number of pyridine rings is 2. The summed E-state index contributed by atoms with van der Waals surface area (Å²) in [5.74, 6) is -0.751. The molecule has 0 aliphatic heterocycles. The molecule has 0 radical (unpaired) electrons. The van der Waals surface area contributed by atoms with Gasteiger partial charge in [-0.15, -0.1) is 0 Å². The van der Waals surface area contributed by atoms with E-state index >= 15 is 0 Å². The molecule has 0 atom stereocenters. The monoisotopic (exact) mass is 483 g/mol. The van der Waals surface area contributed by atoms with Crippen molar-refractivity contribution in [2.75, 3.05) is 5.73 Å². The van der Waals surface area contributed by atoms with E-state index in [9.17, 15) is 22.8 Å². The molecule has 180 valence electrons. The number of anilines is 1. The van der Waals surface area contributed by atoms with Gasteiger partial charge in [0.1, 0.15) is 5.82 Å². The van der Waals surface area contributed by atoms with Crippen molar-refractivity contribution in [3.63, 3.8) is 0 Å². The van der Waals surface area contributed by atoms with Crippen LogP contribution in [0.5, 0.6) is 0 Å². The average Bonchev–Trinajstić information content (AvgIpc) is 3.60. The number of hydrazine groups is 1. The highest BCUT2D eigenvalue weighted by Crippen LogP contribution is 2.31. The van der Waals surface area contributed by atoms with Crippen molar-refractivity contribution >= 4 is 39.4 Å². The number of benzene rings is 1. The molecule has 0 bridgehead atoms. The fraction of sp³-hybridized carbons (Fsp3) is 0.261. The maximum Gasteiger partial charge on any atom is 0.417 e. The van der Waals surface area contributed by atoms with Gasteiger partial charge < -0.3 is 5.73 Å². The van der Waals surface area contributed by atoms with E-state index in [0.29, 0.717) is 46.7 Å². The molecule has 1 aromatic carbocycles. The number of rotatable bonds is 4. The number of alkyl halides is 3. The zero-order valence-electron chi connectivity index (χ0n) is 18.5. The fourth-order valence-corrected chi connectivity index (χ4v) is 3.83. The normalized spacial score (nSPS) is 13.8. The molecule has 35 heavy (non-hydrogen) atoms. The summed E-state index contributed by atoms with van der Waals surface area (Å²) in [6.07, 6.45) is -0.807. The Morgan fingerprint density at radius 3 is 2.60 bits per heavy atom. The molecule has 3 heterocycles. The lowest BCUT2D eigenvalue weighted by molar-refractivity contribution is -0.137. The molecule has 0 unspecified atom stereocenters. The van der Waals surface area contributed by atoms with E-state index in [-0.39, 0.29) is 29.6 Å². The number of hydrogen-bond donors (Lipinski definition) is 2. The molecular weight excluding hydrogens is 463 g/mol. The molecule has 3 N–H and O–H groups in total. The largest absolute Gasteiger partial charge is 0.417 e. The third kappa shape index (κ3) is 4.34. The first-order valence-electron chi connectivity index (χ1n) is 10.8. The van der Waals surface area contributed by atoms with E-state index in [2.05, 4.69) is 20.5 Å². The topological polar surface area (TPSA) is 119 Å². The Labute approximate surface area is 196 Å². The number of carbonyl (C=O) groups is 2. The van der Waals surface area contributed by atoms with Gasteiger partial charge in [0, 0.05) is 30.1 Å². The zero-order chi connectivity index (χ0) is 24.9. The van der Waals surface area contributed by atoms with Crippen molar-refractivity contribution in [1.29, 1.82) is 0 Å². The van der Waals surface area contributed by atoms with Crippen LogP contribution < -0.4 is 11.2 Å². The van der Waals surface area contributed by atoms with Crippen molar-refractivity contribution < 1.29 is 22.8 Å². The molecule has 3 aromatic heterocycles. The molecule has 1 saturated carbocycles. The summed E-state index contributed by atoms with van der Waals surface area (Å²) in [7, 11) is 1.74.